The van der Waals surface area contributed by atoms with E-state index < -0.39 is 0 Å². The molecule has 3 heterocycles. The molecule has 8 heteroatoms. The van der Waals surface area contributed by atoms with Crippen LogP contribution in [0.15, 0.2) is 158 Å². The van der Waals surface area contributed by atoms with E-state index in [2.05, 4.69) is 85.6 Å². The average molecular weight is 763 g/mol. The van der Waals surface area contributed by atoms with Gasteiger partial charge in [-0.05, 0) is 89.0 Å². The summed E-state index contributed by atoms with van der Waals surface area (Å²) in [6, 6.07) is 55.5. The van der Waals surface area contributed by atoms with E-state index in [9.17, 15) is 15.8 Å². The second-order valence-electron chi connectivity index (χ2n) is 14.3. The maximum atomic E-state index is 10.4. The van der Waals surface area contributed by atoms with Crippen molar-refractivity contribution in [3.8, 4) is 63.1 Å². The predicted molar refractivity (Wildman–Crippen MR) is 236 cm³/mol. The summed E-state index contributed by atoms with van der Waals surface area (Å²) in [7, 11) is 0. The Morgan fingerprint density at radius 1 is 0.467 bits per heavy atom. The molecule has 0 unspecified atom stereocenters. The number of hydrogen-bond donors (Lipinski definition) is 0. The quantitative estimate of drug-likeness (QED) is 0.163. The van der Waals surface area contributed by atoms with Gasteiger partial charge in [-0.3, -0.25) is 4.57 Å². The van der Waals surface area contributed by atoms with E-state index in [1.54, 1.807) is 24.3 Å². The molecule has 0 fully saturated rings. The normalized spacial score (nSPS) is 10.9. The van der Waals surface area contributed by atoms with Crippen molar-refractivity contribution in [2.45, 2.75) is 0 Å². The fraction of sp³-hybridized carbons (Fsp3) is 0. The van der Waals surface area contributed by atoms with Crippen molar-refractivity contribution in [2.75, 3.05) is 0 Å². The molecule has 10 aromatic rings. The van der Waals surface area contributed by atoms with Gasteiger partial charge in [-0.2, -0.15) is 15.8 Å². The third kappa shape index (κ3) is 5.45. The van der Waals surface area contributed by atoms with Crippen LogP contribution in [0, 0.1) is 47.1 Å². The molecule has 0 spiro atoms. The number of pyridine rings is 1. The summed E-state index contributed by atoms with van der Waals surface area (Å²) >= 11 is 0. The van der Waals surface area contributed by atoms with Crippen LogP contribution in [0.1, 0.15) is 16.7 Å². The Labute approximate surface area is 344 Å². The number of nitriles is 3. The summed E-state index contributed by atoms with van der Waals surface area (Å²) in [5, 5.41) is 33.9. The predicted octanol–water partition coefficient (Wildman–Crippen LogP) is 13.0. The lowest BCUT2D eigenvalue weighted by Gasteiger charge is -2.17. The number of rotatable bonds is 5. The number of fused-ring (bicyclic) bond motifs is 6. The third-order valence-electron chi connectivity index (χ3n) is 11.1. The number of hydrogen-bond acceptors (Lipinski definition) is 4. The third-order valence-corrected chi connectivity index (χ3v) is 11.1. The Morgan fingerprint density at radius 2 is 1.08 bits per heavy atom. The minimum Gasteiger partial charge on any atom is -0.307 e. The summed E-state index contributed by atoms with van der Waals surface area (Å²) in [5.41, 5.74) is 11.6. The van der Waals surface area contributed by atoms with Crippen LogP contribution in [0.25, 0.3) is 98.2 Å². The highest BCUT2D eigenvalue weighted by molar-refractivity contribution is 6.12. The van der Waals surface area contributed by atoms with Gasteiger partial charge in [0.05, 0.1) is 70.9 Å². The molecule has 0 amide bonds. The smallest absolute Gasteiger partial charge is 0.196 e. The Balaban J connectivity index is 1.22. The molecule has 7 aromatic carbocycles. The van der Waals surface area contributed by atoms with Gasteiger partial charge in [-0.1, -0.05) is 84.9 Å². The van der Waals surface area contributed by atoms with Crippen LogP contribution < -0.4 is 0 Å². The maximum absolute atomic E-state index is 10.4. The largest absolute Gasteiger partial charge is 0.307 e. The number of aromatic nitrogens is 3. The van der Waals surface area contributed by atoms with E-state index in [1.807, 2.05) is 85.1 Å². The number of para-hydroxylation sites is 2. The molecule has 0 saturated heterocycles. The molecule has 10 rings (SSSR count). The second kappa shape index (κ2) is 14.0. The molecule has 8 nitrogen and oxygen atoms in total. The topological polar surface area (TPSA) is 103 Å². The molecule has 0 aliphatic carbocycles. The first kappa shape index (κ1) is 35.2. The van der Waals surface area contributed by atoms with Crippen LogP contribution in [-0.4, -0.2) is 14.1 Å². The summed E-state index contributed by atoms with van der Waals surface area (Å²) < 4.78 is 4.32. The van der Waals surface area contributed by atoms with Gasteiger partial charge in [0, 0.05) is 43.8 Å². The first-order valence-corrected chi connectivity index (χ1v) is 18.9. The van der Waals surface area contributed by atoms with E-state index in [0.717, 1.165) is 82.7 Å². The summed E-state index contributed by atoms with van der Waals surface area (Å²) in [6.45, 7) is 15.3. The Hall–Kier alpha value is -9.26. The van der Waals surface area contributed by atoms with Crippen LogP contribution in [0.3, 0.4) is 0 Å². The van der Waals surface area contributed by atoms with Crippen molar-refractivity contribution < 1.29 is 0 Å². The molecule has 0 radical (unpaired) electrons. The van der Waals surface area contributed by atoms with Gasteiger partial charge >= 0.3 is 0 Å². The number of benzene rings is 7. The zero-order chi connectivity index (χ0) is 40.9. The fourth-order valence-corrected chi connectivity index (χ4v) is 8.44. The van der Waals surface area contributed by atoms with Gasteiger partial charge in [0.1, 0.15) is 5.82 Å². The van der Waals surface area contributed by atoms with E-state index in [0.29, 0.717) is 33.9 Å². The molecule has 0 aliphatic rings. The SMILES string of the molecule is [C-]#[N+]c1ccc(-c2ccc3c(c2)c2ccccc2n3-c2cnc(-n3c4ccccc4c4cc(-c5ccc(C#N)cc5[N+]#[C-])ccc43)cc2-c2ccccc2C#N)c(C#N)c1. The zero-order valence-corrected chi connectivity index (χ0v) is 31.6. The molecule has 3 aromatic heterocycles. The average Bonchev–Trinajstić information content (AvgIpc) is 3.82. The molecule has 0 N–H and O–H groups in total. The summed E-state index contributed by atoms with van der Waals surface area (Å²) in [5.74, 6) is 0.663. The highest BCUT2D eigenvalue weighted by Crippen LogP contribution is 2.42. The second-order valence-corrected chi connectivity index (χ2v) is 14.3. The van der Waals surface area contributed by atoms with Crippen molar-refractivity contribution in [1.29, 1.82) is 15.8 Å². The summed E-state index contributed by atoms with van der Waals surface area (Å²) in [6.07, 6.45) is 1.88. The van der Waals surface area contributed by atoms with Crippen LogP contribution >= 0.6 is 0 Å². The highest BCUT2D eigenvalue weighted by atomic mass is 15.1. The molecule has 0 saturated carbocycles. The lowest BCUT2D eigenvalue weighted by atomic mass is 9.98. The van der Waals surface area contributed by atoms with Gasteiger partial charge in [0.2, 0.25) is 0 Å². The van der Waals surface area contributed by atoms with E-state index >= 15 is 0 Å². The Kier molecular flexibility index (Phi) is 8.23. The molecule has 0 bridgehead atoms. The standard InChI is InChI=1S/C52H26N8/c1-56-37-18-20-38(36(24-37)30-55)33-16-21-49-43(25-33)41-11-5-7-13-47(41)59(49)51-31-58-52(27-45(51)39-10-4-3-9-35(39)29-54)60-48-14-8-6-12-42(48)44-26-34(17-22-50(44)60)40-19-15-32(28-53)23-46(40)57-2/h3-27,31H. The van der Waals surface area contributed by atoms with Gasteiger partial charge in [-0.15, -0.1) is 0 Å². The highest BCUT2D eigenvalue weighted by Gasteiger charge is 2.22. The monoisotopic (exact) mass is 762 g/mol. The van der Waals surface area contributed by atoms with Crippen molar-refractivity contribution in [2.24, 2.45) is 0 Å². The van der Waals surface area contributed by atoms with E-state index in [1.165, 1.54) is 0 Å². The first-order valence-electron chi connectivity index (χ1n) is 18.9. The lowest BCUT2D eigenvalue weighted by Crippen LogP contribution is -2.04. The molecule has 274 valence electrons. The lowest BCUT2D eigenvalue weighted by molar-refractivity contribution is 1.06. The molecule has 0 aliphatic heterocycles. The maximum Gasteiger partial charge on any atom is 0.196 e. The minimum absolute atomic E-state index is 0.415. The Bertz CT molecular complexity index is 3680. The first-order chi connectivity index (χ1) is 29.5. The van der Waals surface area contributed by atoms with Crippen LogP contribution in [-0.2, 0) is 0 Å². The van der Waals surface area contributed by atoms with Crippen molar-refractivity contribution in [1.82, 2.24) is 14.1 Å². The van der Waals surface area contributed by atoms with Gasteiger partial charge < -0.3 is 4.57 Å². The van der Waals surface area contributed by atoms with Crippen LogP contribution in [0.4, 0.5) is 11.4 Å². The number of nitrogens with zero attached hydrogens (tertiary/aromatic N) is 8. The van der Waals surface area contributed by atoms with Crippen LogP contribution in [0.2, 0.25) is 0 Å². The fourth-order valence-electron chi connectivity index (χ4n) is 8.44. The van der Waals surface area contributed by atoms with Gasteiger partial charge in [0.15, 0.2) is 11.4 Å². The molecule has 60 heavy (non-hydrogen) atoms. The van der Waals surface area contributed by atoms with Crippen LogP contribution in [0.5, 0.6) is 0 Å². The molecular weight excluding hydrogens is 737 g/mol. The minimum atomic E-state index is 0.415. The Morgan fingerprint density at radius 3 is 1.77 bits per heavy atom. The summed E-state index contributed by atoms with van der Waals surface area (Å²) in [4.78, 5) is 12.4. The van der Waals surface area contributed by atoms with Crippen molar-refractivity contribution >= 4 is 55.0 Å². The van der Waals surface area contributed by atoms with E-state index in [-0.39, 0.29) is 0 Å². The molecular formula is C52H26N8. The van der Waals surface area contributed by atoms with Gasteiger partial charge in [0.25, 0.3) is 0 Å². The van der Waals surface area contributed by atoms with Crippen molar-refractivity contribution in [3.63, 3.8) is 0 Å². The van der Waals surface area contributed by atoms with E-state index in [4.69, 9.17) is 18.1 Å². The van der Waals surface area contributed by atoms with Gasteiger partial charge in [-0.25, -0.2) is 14.7 Å². The zero-order valence-electron chi connectivity index (χ0n) is 31.6. The molecule has 0 atom stereocenters. The van der Waals surface area contributed by atoms with Crippen molar-refractivity contribution in [3.05, 3.63) is 197 Å².